The lowest BCUT2D eigenvalue weighted by Crippen LogP contribution is -2.24. The molecule has 0 bridgehead atoms. The fourth-order valence-corrected chi connectivity index (χ4v) is 1.36. The molecule has 0 aliphatic carbocycles. The number of hydrogen-bond donors (Lipinski definition) is 2. The SMILES string of the molecule is C#CCCCNC(=O)c1cccc(OC)c1O. The highest BCUT2D eigenvalue weighted by Gasteiger charge is 2.13. The molecule has 0 aliphatic rings. The molecule has 1 aromatic rings. The van der Waals surface area contributed by atoms with E-state index in [-0.39, 0.29) is 23.0 Å². The van der Waals surface area contributed by atoms with Crippen molar-refractivity contribution in [2.45, 2.75) is 12.8 Å². The molecule has 0 radical (unpaired) electrons. The molecule has 17 heavy (non-hydrogen) atoms. The summed E-state index contributed by atoms with van der Waals surface area (Å²) in [5, 5.41) is 12.4. The number of benzene rings is 1. The summed E-state index contributed by atoms with van der Waals surface area (Å²) in [5.41, 5.74) is 0.199. The third-order valence-electron chi connectivity index (χ3n) is 2.25. The maximum Gasteiger partial charge on any atom is 0.255 e. The van der Waals surface area contributed by atoms with Gasteiger partial charge in [-0.2, -0.15) is 0 Å². The van der Waals surface area contributed by atoms with Crippen molar-refractivity contribution in [2.24, 2.45) is 0 Å². The average molecular weight is 233 g/mol. The minimum Gasteiger partial charge on any atom is -0.504 e. The van der Waals surface area contributed by atoms with Crippen LogP contribution in [0.4, 0.5) is 0 Å². The Kier molecular flexibility index (Phi) is 4.89. The first-order valence-electron chi connectivity index (χ1n) is 5.28. The van der Waals surface area contributed by atoms with Crippen LogP contribution in [0, 0.1) is 12.3 Å². The summed E-state index contributed by atoms with van der Waals surface area (Å²) in [6.45, 7) is 0.486. The summed E-state index contributed by atoms with van der Waals surface area (Å²) in [7, 11) is 1.43. The van der Waals surface area contributed by atoms with Crippen molar-refractivity contribution in [3.63, 3.8) is 0 Å². The van der Waals surface area contributed by atoms with Gasteiger partial charge in [0.2, 0.25) is 0 Å². The van der Waals surface area contributed by atoms with Crippen molar-refractivity contribution in [2.75, 3.05) is 13.7 Å². The number of amides is 1. The third kappa shape index (κ3) is 3.42. The van der Waals surface area contributed by atoms with E-state index in [2.05, 4.69) is 11.2 Å². The van der Waals surface area contributed by atoms with Crippen LogP contribution in [-0.4, -0.2) is 24.7 Å². The Morgan fingerprint density at radius 1 is 1.59 bits per heavy atom. The van der Waals surface area contributed by atoms with Gasteiger partial charge < -0.3 is 15.2 Å². The van der Waals surface area contributed by atoms with Gasteiger partial charge >= 0.3 is 0 Å². The smallest absolute Gasteiger partial charge is 0.255 e. The number of methoxy groups -OCH3 is 1. The Hall–Kier alpha value is -2.15. The minimum atomic E-state index is -0.335. The molecule has 90 valence electrons. The number of phenols is 1. The zero-order chi connectivity index (χ0) is 12.7. The first kappa shape index (κ1) is 12.9. The zero-order valence-corrected chi connectivity index (χ0v) is 9.69. The van der Waals surface area contributed by atoms with Gasteiger partial charge in [-0.15, -0.1) is 12.3 Å². The van der Waals surface area contributed by atoms with Gasteiger partial charge in [-0.05, 0) is 18.6 Å². The van der Waals surface area contributed by atoms with E-state index >= 15 is 0 Å². The van der Waals surface area contributed by atoms with Crippen molar-refractivity contribution >= 4 is 5.91 Å². The maximum absolute atomic E-state index is 11.7. The number of terminal acetylenes is 1. The molecule has 0 aromatic heterocycles. The van der Waals surface area contributed by atoms with Gasteiger partial charge in [-0.1, -0.05) is 6.07 Å². The molecule has 4 nitrogen and oxygen atoms in total. The van der Waals surface area contributed by atoms with Crippen molar-refractivity contribution in [1.29, 1.82) is 0 Å². The molecule has 2 N–H and O–H groups in total. The van der Waals surface area contributed by atoms with E-state index in [0.29, 0.717) is 19.4 Å². The van der Waals surface area contributed by atoms with Crippen LogP contribution in [-0.2, 0) is 0 Å². The lowest BCUT2D eigenvalue weighted by molar-refractivity contribution is 0.0950. The van der Waals surface area contributed by atoms with Crippen molar-refractivity contribution < 1.29 is 14.6 Å². The van der Waals surface area contributed by atoms with E-state index in [1.807, 2.05) is 0 Å². The van der Waals surface area contributed by atoms with Crippen LogP contribution in [0.15, 0.2) is 18.2 Å². The van der Waals surface area contributed by atoms with Gasteiger partial charge in [0.25, 0.3) is 5.91 Å². The molecule has 1 rings (SSSR count). The quantitative estimate of drug-likeness (QED) is 0.599. The summed E-state index contributed by atoms with van der Waals surface area (Å²) < 4.78 is 4.92. The molecule has 0 fully saturated rings. The molecular weight excluding hydrogens is 218 g/mol. The van der Waals surface area contributed by atoms with E-state index in [1.165, 1.54) is 13.2 Å². The van der Waals surface area contributed by atoms with Gasteiger partial charge in [0, 0.05) is 13.0 Å². The molecule has 0 spiro atoms. The summed E-state index contributed by atoms with van der Waals surface area (Å²) >= 11 is 0. The Morgan fingerprint density at radius 3 is 3.00 bits per heavy atom. The van der Waals surface area contributed by atoms with Gasteiger partial charge in [-0.3, -0.25) is 4.79 Å². The monoisotopic (exact) mass is 233 g/mol. The highest BCUT2D eigenvalue weighted by molar-refractivity contribution is 5.97. The first-order valence-corrected chi connectivity index (χ1v) is 5.28. The molecular formula is C13H15NO3. The molecule has 0 saturated heterocycles. The standard InChI is InChI=1S/C13H15NO3/c1-3-4-5-9-14-13(16)10-7-6-8-11(17-2)12(10)15/h1,6-8,15H,4-5,9H2,2H3,(H,14,16). The molecule has 0 heterocycles. The van der Waals surface area contributed by atoms with E-state index in [4.69, 9.17) is 11.2 Å². The zero-order valence-electron chi connectivity index (χ0n) is 9.69. The maximum atomic E-state index is 11.7. The van der Waals surface area contributed by atoms with Crippen molar-refractivity contribution in [3.8, 4) is 23.8 Å². The predicted octanol–water partition coefficient (Wildman–Crippen LogP) is 1.54. The van der Waals surface area contributed by atoms with Crippen LogP contribution in [0.2, 0.25) is 0 Å². The lowest BCUT2D eigenvalue weighted by Gasteiger charge is -2.08. The van der Waals surface area contributed by atoms with Crippen molar-refractivity contribution in [3.05, 3.63) is 23.8 Å². The topological polar surface area (TPSA) is 58.6 Å². The Labute approximate surface area is 101 Å². The summed E-state index contributed by atoms with van der Waals surface area (Å²) in [6, 6.07) is 4.77. The fraction of sp³-hybridized carbons (Fsp3) is 0.308. The number of carbonyl (C=O) groups is 1. The number of hydrogen-bond acceptors (Lipinski definition) is 3. The number of carbonyl (C=O) groups excluding carboxylic acids is 1. The second-order valence-corrected chi connectivity index (χ2v) is 3.42. The molecule has 0 saturated carbocycles. The van der Waals surface area contributed by atoms with E-state index < -0.39 is 0 Å². The first-order chi connectivity index (χ1) is 8.20. The number of para-hydroxylation sites is 1. The molecule has 1 aromatic carbocycles. The number of nitrogens with one attached hydrogen (secondary N) is 1. The van der Waals surface area contributed by atoms with E-state index in [0.717, 1.165) is 0 Å². The second-order valence-electron chi connectivity index (χ2n) is 3.42. The van der Waals surface area contributed by atoms with Crippen LogP contribution < -0.4 is 10.1 Å². The van der Waals surface area contributed by atoms with Crippen LogP contribution in [0.25, 0.3) is 0 Å². The van der Waals surface area contributed by atoms with Crippen LogP contribution >= 0.6 is 0 Å². The molecule has 0 unspecified atom stereocenters. The van der Waals surface area contributed by atoms with Crippen LogP contribution in [0.1, 0.15) is 23.2 Å². The van der Waals surface area contributed by atoms with Gasteiger partial charge in [-0.25, -0.2) is 0 Å². The predicted molar refractivity (Wildman–Crippen MR) is 65.1 cm³/mol. The number of aromatic hydroxyl groups is 1. The van der Waals surface area contributed by atoms with Gasteiger partial charge in [0.1, 0.15) is 0 Å². The van der Waals surface area contributed by atoms with Crippen molar-refractivity contribution in [1.82, 2.24) is 5.32 Å². The van der Waals surface area contributed by atoms with Gasteiger partial charge in [0.15, 0.2) is 11.5 Å². The molecule has 0 atom stereocenters. The number of phenolic OH excluding ortho intramolecular Hbond substituents is 1. The Balaban J connectivity index is 2.66. The lowest BCUT2D eigenvalue weighted by atomic mass is 10.1. The minimum absolute atomic E-state index is 0.149. The number of ether oxygens (including phenoxy) is 1. The van der Waals surface area contributed by atoms with Gasteiger partial charge in [0.05, 0.1) is 12.7 Å². The average Bonchev–Trinajstić information content (AvgIpc) is 2.34. The third-order valence-corrected chi connectivity index (χ3v) is 2.25. The van der Waals surface area contributed by atoms with Crippen LogP contribution in [0.5, 0.6) is 11.5 Å². The fourth-order valence-electron chi connectivity index (χ4n) is 1.36. The molecule has 0 aliphatic heterocycles. The number of unbranched alkanes of at least 4 members (excludes halogenated alkanes) is 1. The Bertz CT molecular complexity index is 435. The molecule has 4 heteroatoms. The highest BCUT2D eigenvalue weighted by atomic mass is 16.5. The van der Waals surface area contributed by atoms with E-state index in [1.54, 1.807) is 12.1 Å². The largest absolute Gasteiger partial charge is 0.504 e. The summed E-state index contributed by atoms with van der Waals surface area (Å²) in [6.07, 6.45) is 6.43. The molecule has 1 amide bonds. The highest BCUT2D eigenvalue weighted by Crippen LogP contribution is 2.28. The Morgan fingerprint density at radius 2 is 2.35 bits per heavy atom. The summed E-state index contributed by atoms with van der Waals surface area (Å²) in [5.74, 6) is 2.29. The summed E-state index contributed by atoms with van der Waals surface area (Å²) in [4.78, 5) is 11.7. The second kappa shape index (κ2) is 6.44. The normalized spacial score (nSPS) is 9.41. The van der Waals surface area contributed by atoms with Crippen LogP contribution in [0.3, 0.4) is 0 Å². The van der Waals surface area contributed by atoms with E-state index in [9.17, 15) is 9.90 Å². The number of rotatable bonds is 5.